The maximum absolute atomic E-state index is 13.5. The monoisotopic (exact) mass is 566 g/mol. The molecule has 0 aromatic rings. The van der Waals surface area contributed by atoms with Crippen LogP contribution in [0.5, 0.6) is 0 Å². The molecule has 39 heavy (non-hydrogen) atoms. The third-order valence-electron chi connectivity index (χ3n) is 10.1. The van der Waals surface area contributed by atoms with Gasteiger partial charge in [-0.1, -0.05) is 75.3 Å². The standard InChI is InChI=1S/C31H54O7Si/c1-17(2)39(18(3)4,19(5)6)35-16-24-12-13-25(36-30(24)34)20(7)27(32)22(9)28(33)23(10)29-21(8)26-14-15-31(11,37-26)38-29/h12,17-23,25-27,29,32H,13-16H2,1-11H3/t20-,21+,22+,23+,25+,26-,27-,29+,31-/m0/s1. The summed E-state index contributed by atoms with van der Waals surface area (Å²) >= 11 is 0. The number of Topliss-reactive ketones (excluding diaryl/α,β-unsaturated/α-hetero) is 1. The first-order valence-corrected chi connectivity index (χ1v) is 17.3. The van der Waals surface area contributed by atoms with Crippen molar-refractivity contribution in [3.8, 4) is 0 Å². The number of esters is 1. The van der Waals surface area contributed by atoms with Gasteiger partial charge in [-0.05, 0) is 30.0 Å². The summed E-state index contributed by atoms with van der Waals surface area (Å²) in [6, 6.07) is 0. The number of aliphatic hydroxyl groups excluding tert-OH is 1. The van der Waals surface area contributed by atoms with Gasteiger partial charge < -0.3 is 23.7 Å². The van der Waals surface area contributed by atoms with Gasteiger partial charge in [0.15, 0.2) is 5.79 Å². The number of carbonyl (C=O) groups is 2. The van der Waals surface area contributed by atoms with E-state index in [4.69, 9.17) is 18.6 Å². The zero-order chi connectivity index (χ0) is 29.4. The van der Waals surface area contributed by atoms with Gasteiger partial charge in [0.1, 0.15) is 11.9 Å². The average molecular weight is 567 g/mol. The molecule has 0 aliphatic carbocycles. The molecule has 1 N–H and O–H groups in total. The highest BCUT2D eigenvalue weighted by Gasteiger charge is 2.52. The molecule has 0 unspecified atom stereocenters. The van der Waals surface area contributed by atoms with Gasteiger partial charge in [-0.2, -0.15) is 0 Å². The molecule has 0 aromatic carbocycles. The minimum absolute atomic E-state index is 0.0276. The van der Waals surface area contributed by atoms with E-state index in [2.05, 4.69) is 48.5 Å². The van der Waals surface area contributed by atoms with Crippen molar-refractivity contribution < 1.29 is 33.3 Å². The molecule has 3 aliphatic heterocycles. The first-order valence-electron chi connectivity index (χ1n) is 15.2. The van der Waals surface area contributed by atoms with Gasteiger partial charge in [0.05, 0.1) is 30.5 Å². The third-order valence-corrected chi connectivity index (χ3v) is 16.2. The van der Waals surface area contributed by atoms with E-state index >= 15 is 0 Å². The van der Waals surface area contributed by atoms with Crippen LogP contribution in [0, 0.1) is 23.7 Å². The summed E-state index contributed by atoms with van der Waals surface area (Å²) in [7, 11) is -2.11. The summed E-state index contributed by atoms with van der Waals surface area (Å²) in [6.07, 6.45) is 2.60. The second kappa shape index (κ2) is 12.4. The van der Waals surface area contributed by atoms with E-state index < -0.39 is 38.1 Å². The predicted octanol–water partition coefficient (Wildman–Crippen LogP) is 6.19. The Morgan fingerprint density at radius 2 is 1.67 bits per heavy atom. The minimum Gasteiger partial charge on any atom is -0.458 e. The highest BCUT2D eigenvalue weighted by molar-refractivity contribution is 6.77. The SMILES string of the molecule is CC(C)[Si](OCC1=CC[C@H]([C@H](C)[C@H](O)[C@@H](C)C(=O)[C@@H](C)[C@@H]2O[C@@]3(C)CC[C@H](O3)[C@H]2C)OC1=O)(C(C)C)C(C)C. The van der Waals surface area contributed by atoms with E-state index in [0.717, 1.165) is 12.8 Å². The summed E-state index contributed by atoms with van der Waals surface area (Å²) in [5.74, 6) is -2.31. The van der Waals surface area contributed by atoms with E-state index in [1.165, 1.54) is 0 Å². The number of ketones is 1. The number of hydrogen-bond donors (Lipinski definition) is 1. The van der Waals surface area contributed by atoms with Gasteiger partial charge in [0.2, 0.25) is 8.32 Å². The van der Waals surface area contributed by atoms with Crippen molar-refractivity contribution in [2.45, 2.75) is 142 Å². The first-order chi connectivity index (χ1) is 18.1. The lowest BCUT2D eigenvalue weighted by Crippen LogP contribution is -2.51. The van der Waals surface area contributed by atoms with Gasteiger partial charge in [-0.3, -0.25) is 4.79 Å². The topological polar surface area (TPSA) is 91.3 Å². The second-order valence-electron chi connectivity index (χ2n) is 13.6. The number of aliphatic hydroxyl groups is 1. The van der Waals surface area contributed by atoms with Crippen molar-refractivity contribution >= 4 is 20.1 Å². The Morgan fingerprint density at radius 3 is 2.21 bits per heavy atom. The van der Waals surface area contributed by atoms with Gasteiger partial charge in [-0.25, -0.2) is 4.79 Å². The smallest absolute Gasteiger partial charge is 0.336 e. The van der Waals surface area contributed by atoms with Crippen LogP contribution in [0.25, 0.3) is 0 Å². The summed E-state index contributed by atoms with van der Waals surface area (Å²) in [5, 5.41) is 11.2. The molecule has 0 spiro atoms. The lowest BCUT2D eigenvalue weighted by Gasteiger charge is -2.43. The fourth-order valence-corrected chi connectivity index (χ4v) is 13.0. The molecular formula is C31H54O7Si. The average Bonchev–Trinajstić information content (AvgIpc) is 3.21. The molecular weight excluding hydrogens is 512 g/mol. The van der Waals surface area contributed by atoms with Crippen LogP contribution in [-0.4, -0.2) is 62.0 Å². The summed E-state index contributed by atoms with van der Waals surface area (Å²) in [6.45, 7) is 23.2. The molecule has 2 bridgehead atoms. The lowest BCUT2D eigenvalue weighted by atomic mass is 9.78. The summed E-state index contributed by atoms with van der Waals surface area (Å²) < 4.78 is 24.7. The Morgan fingerprint density at radius 1 is 1.08 bits per heavy atom. The van der Waals surface area contributed by atoms with Crippen LogP contribution in [0.3, 0.4) is 0 Å². The van der Waals surface area contributed by atoms with Crippen molar-refractivity contribution in [2.75, 3.05) is 6.61 Å². The van der Waals surface area contributed by atoms with Gasteiger partial charge in [0.25, 0.3) is 0 Å². The lowest BCUT2D eigenvalue weighted by molar-refractivity contribution is -0.301. The van der Waals surface area contributed by atoms with Crippen molar-refractivity contribution in [3.63, 3.8) is 0 Å². The molecule has 7 nitrogen and oxygen atoms in total. The van der Waals surface area contributed by atoms with Crippen LogP contribution in [0.1, 0.15) is 95.4 Å². The largest absolute Gasteiger partial charge is 0.458 e. The van der Waals surface area contributed by atoms with Crippen LogP contribution >= 0.6 is 0 Å². The first kappa shape index (κ1) is 32.5. The molecule has 224 valence electrons. The summed E-state index contributed by atoms with van der Waals surface area (Å²) in [5.41, 5.74) is 1.83. The maximum Gasteiger partial charge on any atom is 0.336 e. The third kappa shape index (κ3) is 6.40. The van der Waals surface area contributed by atoms with Gasteiger partial charge in [-0.15, -0.1) is 0 Å². The van der Waals surface area contributed by atoms with E-state index in [0.29, 0.717) is 28.6 Å². The summed E-state index contributed by atoms with van der Waals surface area (Å²) in [4.78, 5) is 26.5. The van der Waals surface area contributed by atoms with Crippen LogP contribution < -0.4 is 0 Å². The highest BCUT2D eigenvalue weighted by Crippen LogP contribution is 2.45. The van der Waals surface area contributed by atoms with E-state index in [-0.39, 0.29) is 42.4 Å². The fraction of sp³-hybridized carbons (Fsp3) is 0.871. The second-order valence-corrected chi connectivity index (χ2v) is 19.1. The van der Waals surface area contributed by atoms with Crippen molar-refractivity contribution in [1.82, 2.24) is 0 Å². The van der Waals surface area contributed by atoms with Crippen LogP contribution in [-0.2, 0) is 28.2 Å². The van der Waals surface area contributed by atoms with Crippen molar-refractivity contribution in [1.29, 1.82) is 0 Å². The quantitative estimate of drug-likeness (QED) is 0.222. The Hall–Kier alpha value is -1.06. The van der Waals surface area contributed by atoms with Crippen LogP contribution in [0.2, 0.25) is 16.6 Å². The van der Waals surface area contributed by atoms with Crippen LogP contribution in [0.15, 0.2) is 11.6 Å². The van der Waals surface area contributed by atoms with Crippen LogP contribution in [0.4, 0.5) is 0 Å². The number of fused-ring (bicyclic) bond motifs is 2. The molecule has 3 aliphatic rings. The molecule has 9 atom stereocenters. The van der Waals surface area contributed by atoms with E-state index in [1.807, 2.05) is 26.8 Å². The van der Waals surface area contributed by atoms with Crippen molar-refractivity contribution in [2.24, 2.45) is 23.7 Å². The molecule has 3 heterocycles. The highest BCUT2D eigenvalue weighted by atomic mass is 28.4. The molecule has 2 fully saturated rings. The number of ether oxygens (including phenoxy) is 3. The van der Waals surface area contributed by atoms with Gasteiger partial charge >= 0.3 is 5.97 Å². The molecule has 3 rings (SSSR count). The molecule has 0 amide bonds. The maximum atomic E-state index is 13.5. The van der Waals surface area contributed by atoms with E-state index in [9.17, 15) is 14.7 Å². The van der Waals surface area contributed by atoms with Gasteiger partial charge in [0, 0.05) is 36.5 Å². The normalized spacial score (nSPS) is 32.7. The molecule has 0 saturated carbocycles. The Balaban J connectivity index is 1.62. The Bertz CT molecular complexity index is 893. The Labute approximate surface area is 237 Å². The number of rotatable bonds is 12. The minimum atomic E-state index is -2.11. The zero-order valence-corrected chi connectivity index (χ0v) is 27.2. The molecule has 2 saturated heterocycles. The molecule has 0 aromatic heterocycles. The molecule has 8 heteroatoms. The number of hydrogen-bond acceptors (Lipinski definition) is 7. The zero-order valence-electron chi connectivity index (χ0n) is 26.2. The fourth-order valence-electron chi connectivity index (χ4n) is 7.63. The predicted molar refractivity (Wildman–Crippen MR) is 155 cm³/mol. The number of cyclic esters (lactones) is 1. The molecule has 0 radical (unpaired) electrons. The van der Waals surface area contributed by atoms with E-state index in [1.54, 1.807) is 6.92 Å². The Kier molecular flexibility index (Phi) is 10.3. The number of carbonyl (C=O) groups excluding carboxylic acids is 2. The van der Waals surface area contributed by atoms with Crippen molar-refractivity contribution in [3.05, 3.63) is 11.6 Å².